The van der Waals surface area contributed by atoms with Gasteiger partial charge in [0.15, 0.2) is 5.78 Å². The van der Waals surface area contributed by atoms with Gasteiger partial charge in [0, 0.05) is 30.8 Å². The highest BCUT2D eigenvalue weighted by Crippen LogP contribution is 2.36. The maximum Gasteiger partial charge on any atom is 0.162 e. The lowest BCUT2D eigenvalue weighted by molar-refractivity contribution is -0.117. The van der Waals surface area contributed by atoms with E-state index in [1.807, 2.05) is 0 Å². The van der Waals surface area contributed by atoms with Crippen molar-refractivity contribution >= 4 is 5.78 Å². The topological polar surface area (TPSA) is 20.3 Å². The summed E-state index contributed by atoms with van der Waals surface area (Å²) in [4.78, 5) is 14.5. The number of hydrogen-bond acceptors (Lipinski definition) is 2. The molecule has 0 N–H and O–H groups in total. The molecular formula is C17H21NO. The molecule has 1 heterocycles. The van der Waals surface area contributed by atoms with E-state index in [9.17, 15) is 4.79 Å². The van der Waals surface area contributed by atoms with Crippen LogP contribution in [0.5, 0.6) is 0 Å². The predicted octanol–water partition coefficient (Wildman–Crippen LogP) is 3.54. The molecule has 2 aliphatic rings. The number of nitrogens with zero attached hydrogens (tertiary/aromatic N) is 1. The largest absolute Gasteiger partial charge is 0.369 e. The maximum absolute atomic E-state index is 12.1. The fourth-order valence-corrected chi connectivity index (χ4v) is 3.41. The van der Waals surface area contributed by atoms with Gasteiger partial charge < -0.3 is 4.90 Å². The van der Waals surface area contributed by atoms with Crippen LogP contribution in [0.25, 0.3) is 0 Å². The highest BCUT2D eigenvalue weighted by atomic mass is 16.1. The molecule has 100 valence electrons. The Morgan fingerprint density at radius 2 is 2.00 bits per heavy atom. The molecule has 0 saturated heterocycles. The molecule has 1 aromatic carbocycles. The summed E-state index contributed by atoms with van der Waals surface area (Å²) >= 11 is 0. The van der Waals surface area contributed by atoms with E-state index in [1.165, 1.54) is 24.1 Å². The number of allylic oxidation sites excluding steroid dienone is 2. The molecule has 0 saturated carbocycles. The van der Waals surface area contributed by atoms with E-state index >= 15 is 0 Å². The number of carbonyl (C=O) groups excluding carboxylic acids is 1. The van der Waals surface area contributed by atoms with Crippen molar-refractivity contribution in [3.8, 4) is 0 Å². The summed E-state index contributed by atoms with van der Waals surface area (Å²) in [6, 6.07) is 10.6. The van der Waals surface area contributed by atoms with Crippen LogP contribution in [0.1, 0.15) is 38.2 Å². The lowest BCUT2D eigenvalue weighted by Crippen LogP contribution is -2.37. The smallest absolute Gasteiger partial charge is 0.162 e. The average Bonchev–Trinajstić information content (AvgIpc) is 2.43. The first-order valence-corrected chi connectivity index (χ1v) is 7.31. The number of hydrogen-bond donors (Lipinski definition) is 0. The summed E-state index contributed by atoms with van der Waals surface area (Å²) in [5.41, 5.74) is 3.80. The van der Waals surface area contributed by atoms with E-state index in [4.69, 9.17) is 0 Å². The zero-order valence-electron chi connectivity index (χ0n) is 11.6. The average molecular weight is 255 g/mol. The summed E-state index contributed by atoms with van der Waals surface area (Å²) in [6.45, 7) is 4.10. The van der Waals surface area contributed by atoms with Gasteiger partial charge in [-0.05, 0) is 30.7 Å². The standard InChI is InChI=1S/C17H21NO/c1-13-6-5-9-15-16(19)10-11-18(17(13)15)12-14-7-3-2-4-8-14/h2-4,7-8,13H,5-6,9-12H2,1H3. The molecule has 1 aromatic rings. The lowest BCUT2D eigenvalue weighted by Gasteiger charge is -2.39. The fraction of sp³-hybridized carbons (Fsp3) is 0.471. The normalized spacial score (nSPS) is 23.5. The number of rotatable bonds is 2. The summed E-state index contributed by atoms with van der Waals surface area (Å²) in [6.07, 6.45) is 4.07. The lowest BCUT2D eigenvalue weighted by atomic mass is 9.82. The van der Waals surface area contributed by atoms with Gasteiger partial charge in [0.05, 0.1) is 0 Å². The van der Waals surface area contributed by atoms with Gasteiger partial charge in [0.1, 0.15) is 0 Å². The van der Waals surface area contributed by atoms with Crippen LogP contribution in [-0.2, 0) is 11.3 Å². The second kappa shape index (κ2) is 5.20. The van der Waals surface area contributed by atoms with Crippen molar-refractivity contribution in [3.05, 3.63) is 47.2 Å². The van der Waals surface area contributed by atoms with Crippen LogP contribution >= 0.6 is 0 Å². The number of benzene rings is 1. The van der Waals surface area contributed by atoms with Crippen LogP contribution in [0.15, 0.2) is 41.6 Å². The molecule has 1 unspecified atom stereocenters. The summed E-state index contributed by atoms with van der Waals surface area (Å²) in [5.74, 6) is 0.933. The van der Waals surface area contributed by atoms with Gasteiger partial charge in [-0.3, -0.25) is 4.79 Å². The first kappa shape index (κ1) is 12.5. The third-order valence-corrected chi connectivity index (χ3v) is 4.34. The SMILES string of the molecule is CC1CCCC2=C1N(Cc1ccccc1)CCC2=O. The minimum atomic E-state index is 0.394. The molecule has 0 amide bonds. The van der Waals surface area contributed by atoms with E-state index in [2.05, 4.69) is 42.2 Å². The minimum absolute atomic E-state index is 0.394. The van der Waals surface area contributed by atoms with Crippen LogP contribution in [0, 0.1) is 5.92 Å². The first-order chi connectivity index (χ1) is 9.25. The highest BCUT2D eigenvalue weighted by Gasteiger charge is 2.31. The Hall–Kier alpha value is -1.57. The molecule has 2 nitrogen and oxygen atoms in total. The van der Waals surface area contributed by atoms with Crippen molar-refractivity contribution in [2.24, 2.45) is 5.92 Å². The van der Waals surface area contributed by atoms with Gasteiger partial charge >= 0.3 is 0 Å². The number of Topliss-reactive ketones (excluding diaryl/α,β-unsaturated/α-hetero) is 1. The highest BCUT2D eigenvalue weighted by molar-refractivity contribution is 5.97. The van der Waals surface area contributed by atoms with Gasteiger partial charge in [-0.25, -0.2) is 0 Å². The third-order valence-electron chi connectivity index (χ3n) is 4.34. The molecule has 3 rings (SSSR count). The molecule has 0 bridgehead atoms. The van der Waals surface area contributed by atoms with E-state index in [0.717, 1.165) is 25.1 Å². The molecule has 1 atom stereocenters. The minimum Gasteiger partial charge on any atom is -0.369 e. The molecule has 0 radical (unpaired) electrons. The Kier molecular flexibility index (Phi) is 3.41. The predicted molar refractivity (Wildman–Crippen MR) is 76.5 cm³/mol. The summed E-state index contributed by atoms with van der Waals surface area (Å²) in [5, 5.41) is 0. The van der Waals surface area contributed by atoms with Crippen LogP contribution < -0.4 is 0 Å². The van der Waals surface area contributed by atoms with Crippen molar-refractivity contribution in [2.75, 3.05) is 6.54 Å². The molecule has 1 aliphatic heterocycles. The second-order valence-corrected chi connectivity index (χ2v) is 5.74. The second-order valence-electron chi connectivity index (χ2n) is 5.74. The number of carbonyl (C=O) groups is 1. The van der Waals surface area contributed by atoms with Crippen LogP contribution in [0.4, 0.5) is 0 Å². The van der Waals surface area contributed by atoms with Gasteiger partial charge in [-0.15, -0.1) is 0 Å². The zero-order valence-corrected chi connectivity index (χ0v) is 11.6. The first-order valence-electron chi connectivity index (χ1n) is 7.31. The Bertz CT molecular complexity index is 503. The Labute approximate surface area is 115 Å². The molecular weight excluding hydrogens is 234 g/mol. The Balaban J connectivity index is 1.89. The van der Waals surface area contributed by atoms with E-state index in [-0.39, 0.29) is 0 Å². The van der Waals surface area contributed by atoms with Crippen LogP contribution in [0.2, 0.25) is 0 Å². The Morgan fingerprint density at radius 1 is 1.21 bits per heavy atom. The van der Waals surface area contributed by atoms with Gasteiger partial charge in [-0.1, -0.05) is 37.3 Å². The molecule has 19 heavy (non-hydrogen) atoms. The molecule has 0 fully saturated rings. The molecule has 1 aliphatic carbocycles. The van der Waals surface area contributed by atoms with Crippen LogP contribution in [-0.4, -0.2) is 17.2 Å². The quantitative estimate of drug-likeness (QED) is 0.805. The van der Waals surface area contributed by atoms with Crippen molar-refractivity contribution in [3.63, 3.8) is 0 Å². The third kappa shape index (κ3) is 2.44. The van der Waals surface area contributed by atoms with E-state index in [1.54, 1.807) is 0 Å². The van der Waals surface area contributed by atoms with Crippen molar-refractivity contribution in [1.82, 2.24) is 4.90 Å². The monoisotopic (exact) mass is 255 g/mol. The zero-order chi connectivity index (χ0) is 13.2. The number of ketones is 1. The van der Waals surface area contributed by atoms with Crippen molar-refractivity contribution in [1.29, 1.82) is 0 Å². The van der Waals surface area contributed by atoms with Crippen molar-refractivity contribution in [2.45, 2.75) is 39.2 Å². The van der Waals surface area contributed by atoms with Crippen LogP contribution in [0.3, 0.4) is 0 Å². The summed E-state index contributed by atoms with van der Waals surface area (Å²) in [7, 11) is 0. The maximum atomic E-state index is 12.1. The van der Waals surface area contributed by atoms with Gasteiger partial charge in [0.25, 0.3) is 0 Å². The summed E-state index contributed by atoms with van der Waals surface area (Å²) < 4.78 is 0. The molecule has 0 spiro atoms. The fourth-order valence-electron chi connectivity index (χ4n) is 3.41. The molecule has 2 heteroatoms. The van der Waals surface area contributed by atoms with Gasteiger partial charge in [0.2, 0.25) is 0 Å². The Morgan fingerprint density at radius 3 is 2.79 bits per heavy atom. The van der Waals surface area contributed by atoms with Crippen molar-refractivity contribution < 1.29 is 4.79 Å². The van der Waals surface area contributed by atoms with E-state index < -0.39 is 0 Å². The van der Waals surface area contributed by atoms with E-state index in [0.29, 0.717) is 18.1 Å². The molecule has 0 aromatic heterocycles. The van der Waals surface area contributed by atoms with Gasteiger partial charge in [-0.2, -0.15) is 0 Å².